The van der Waals surface area contributed by atoms with Crippen LogP contribution >= 0.6 is 24.0 Å². The molecule has 126 valence electrons. The lowest BCUT2D eigenvalue weighted by molar-refractivity contribution is 0.580. The van der Waals surface area contributed by atoms with Crippen LogP contribution in [0.15, 0.2) is 35.3 Å². The molecule has 1 aromatic carbocycles. The SMILES string of the molecule is CCCNC(=NC)NCCS(=O)(=O)NCc1ccccc1.I. The molecule has 0 aliphatic heterocycles. The highest BCUT2D eigenvalue weighted by molar-refractivity contribution is 14.0. The van der Waals surface area contributed by atoms with E-state index in [1.807, 2.05) is 30.3 Å². The van der Waals surface area contributed by atoms with Gasteiger partial charge < -0.3 is 10.6 Å². The van der Waals surface area contributed by atoms with Crippen LogP contribution in [0.2, 0.25) is 0 Å². The minimum Gasteiger partial charge on any atom is -0.356 e. The fourth-order valence-electron chi connectivity index (χ4n) is 1.63. The summed E-state index contributed by atoms with van der Waals surface area (Å²) in [4.78, 5) is 4.02. The molecule has 22 heavy (non-hydrogen) atoms. The zero-order valence-corrected chi connectivity index (χ0v) is 16.1. The Morgan fingerprint density at radius 1 is 1.14 bits per heavy atom. The molecule has 0 heterocycles. The molecule has 3 N–H and O–H groups in total. The number of rotatable bonds is 8. The van der Waals surface area contributed by atoms with Crippen LogP contribution in [0.3, 0.4) is 0 Å². The van der Waals surface area contributed by atoms with Crippen molar-refractivity contribution in [3.05, 3.63) is 35.9 Å². The van der Waals surface area contributed by atoms with Gasteiger partial charge in [0.1, 0.15) is 0 Å². The number of hydrogen-bond acceptors (Lipinski definition) is 3. The maximum Gasteiger partial charge on any atom is 0.213 e. The molecule has 6 nitrogen and oxygen atoms in total. The normalized spacial score (nSPS) is 11.6. The fraction of sp³-hybridized carbons (Fsp3) is 0.500. The standard InChI is InChI=1S/C14H24N4O2S.HI/c1-3-9-16-14(15-2)17-10-11-21(19,20)18-12-13-7-5-4-6-8-13;/h4-8,18H,3,9-12H2,1-2H3,(H2,15,16,17);1H. The lowest BCUT2D eigenvalue weighted by Crippen LogP contribution is -2.41. The van der Waals surface area contributed by atoms with E-state index in [9.17, 15) is 8.42 Å². The van der Waals surface area contributed by atoms with Crippen LogP contribution in [0.1, 0.15) is 18.9 Å². The predicted octanol–water partition coefficient (Wildman–Crippen LogP) is 1.30. The topological polar surface area (TPSA) is 82.6 Å². The molecule has 0 saturated carbocycles. The summed E-state index contributed by atoms with van der Waals surface area (Å²) in [5.41, 5.74) is 0.939. The number of aliphatic imine (C=N–C) groups is 1. The van der Waals surface area contributed by atoms with Crippen LogP contribution in [0.5, 0.6) is 0 Å². The Morgan fingerprint density at radius 2 is 1.77 bits per heavy atom. The van der Waals surface area contributed by atoms with Crippen molar-refractivity contribution in [3.63, 3.8) is 0 Å². The minimum absolute atomic E-state index is 0. The van der Waals surface area contributed by atoms with Gasteiger partial charge in [0.05, 0.1) is 5.75 Å². The van der Waals surface area contributed by atoms with Gasteiger partial charge >= 0.3 is 0 Å². The molecule has 0 radical (unpaired) electrons. The second-order valence-electron chi connectivity index (χ2n) is 4.55. The first-order chi connectivity index (χ1) is 10.1. The van der Waals surface area contributed by atoms with Gasteiger partial charge in [0.2, 0.25) is 10.0 Å². The third-order valence-electron chi connectivity index (χ3n) is 2.77. The van der Waals surface area contributed by atoms with Gasteiger partial charge in [0.25, 0.3) is 0 Å². The molecule has 1 aromatic rings. The van der Waals surface area contributed by atoms with Gasteiger partial charge in [-0.3, -0.25) is 4.99 Å². The third kappa shape index (κ3) is 9.21. The number of sulfonamides is 1. The fourth-order valence-corrected chi connectivity index (χ4v) is 2.53. The van der Waals surface area contributed by atoms with E-state index in [0.29, 0.717) is 19.0 Å². The maximum atomic E-state index is 11.9. The Morgan fingerprint density at radius 3 is 2.36 bits per heavy atom. The lowest BCUT2D eigenvalue weighted by Gasteiger charge is -2.11. The average molecular weight is 440 g/mol. The zero-order valence-electron chi connectivity index (χ0n) is 13.0. The van der Waals surface area contributed by atoms with E-state index >= 15 is 0 Å². The van der Waals surface area contributed by atoms with Gasteiger partial charge in [0, 0.05) is 26.7 Å². The van der Waals surface area contributed by atoms with E-state index in [1.165, 1.54) is 0 Å². The van der Waals surface area contributed by atoms with Crippen LogP contribution in [0.4, 0.5) is 0 Å². The van der Waals surface area contributed by atoms with Gasteiger partial charge in [-0.1, -0.05) is 37.3 Å². The molecule has 0 unspecified atom stereocenters. The molecule has 0 fully saturated rings. The van der Waals surface area contributed by atoms with Gasteiger partial charge in [-0.2, -0.15) is 0 Å². The second kappa shape index (κ2) is 11.7. The van der Waals surface area contributed by atoms with Crippen molar-refractivity contribution in [2.45, 2.75) is 19.9 Å². The summed E-state index contributed by atoms with van der Waals surface area (Å²) >= 11 is 0. The number of nitrogens with one attached hydrogen (secondary N) is 3. The Hall–Kier alpha value is -0.870. The molecular weight excluding hydrogens is 415 g/mol. The van der Waals surface area contributed by atoms with E-state index in [0.717, 1.165) is 18.5 Å². The molecule has 8 heteroatoms. The first-order valence-corrected chi connectivity index (χ1v) is 8.68. The third-order valence-corrected chi connectivity index (χ3v) is 4.09. The number of guanidine groups is 1. The highest BCUT2D eigenvalue weighted by atomic mass is 127. The Labute approximate surface area is 150 Å². The Bertz CT molecular complexity index is 535. The molecule has 0 saturated heterocycles. The molecule has 0 atom stereocenters. The first kappa shape index (κ1) is 21.1. The summed E-state index contributed by atoms with van der Waals surface area (Å²) in [5.74, 6) is 0.627. The van der Waals surface area contributed by atoms with Crippen LogP contribution < -0.4 is 15.4 Å². The van der Waals surface area contributed by atoms with Crippen molar-refractivity contribution in [3.8, 4) is 0 Å². The molecular formula is C14H25IN4O2S. The van der Waals surface area contributed by atoms with Crippen LogP contribution in [0, 0.1) is 0 Å². The summed E-state index contributed by atoms with van der Waals surface area (Å²) in [6, 6.07) is 9.44. The summed E-state index contributed by atoms with van der Waals surface area (Å²) in [5, 5.41) is 6.07. The van der Waals surface area contributed by atoms with Crippen molar-refractivity contribution < 1.29 is 8.42 Å². The van der Waals surface area contributed by atoms with Gasteiger partial charge in [0.15, 0.2) is 5.96 Å². The van der Waals surface area contributed by atoms with Crippen molar-refractivity contribution in [2.24, 2.45) is 4.99 Å². The van der Waals surface area contributed by atoms with Crippen LogP contribution in [-0.4, -0.2) is 40.3 Å². The van der Waals surface area contributed by atoms with E-state index in [1.54, 1.807) is 7.05 Å². The monoisotopic (exact) mass is 440 g/mol. The summed E-state index contributed by atoms with van der Waals surface area (Å²) in [7, 11) is -1.64. The molecule has 0 spiro atoms. The minimum atomic E-state index is -3.30. The maximum absolute atomic E-state index is 11.9. The Balaban J connectivity index is 0.00000441. The summed E-state index contributed by atoms with van der Waals surface area (Å²) in [6.45, 7) is 3.48. The quantitative estimate of drug-likeness (QED) is 0.323. The number of hydrogen-bond donors (Lipinski definition) is 3. The predicted molar refractivity (Wildman–Crippen MR) is 102 cm³/mol. The van der Waals surface area contributed by atoms with E-state index in [-0.39, 0.29) is 29.7 Å². The zero-order chi connectivity index (χ0) is 15.6. The van der Waals surface area contributed by atoms with Crippen molar-refractivity contribution in [2.75, 3.05) is 25.9 Å². The molecule has 0 amide bonds. The second-order valence-corrected chi connectivity index (χ2v) is 6.48. The summed E-state index contributed by atoms with van der Waals surface area (Å²) < 4.78 is 26.3. The molecule has 0 bridgehead atoms. The number of halogens is 1. The highest BCUT2D eigenvalue weighted by Crippen LogP contribution is 1.98. The molecule has 0 aliphatic carbocycles. The largest absolute Gasteiger partial charge is 0.356 e. The van der Waals surface area contributed by atoms with E-state index in [2.05, 4.69) is 27.3 Å². The van der Waals surface area contributed by atoms with Gasteiger partial charge in [-0.05, 0) is 12.0 Å². The molecule has 1 rings (SSSR count). The van der Waals surface area contributed by atoms with Gasteiger partial charge in [-0.15, -0.1) is 24.0 Å². The van der Waals surface area contributed by atoms with Crippen molar-refractivity contribution in [1.29, 1.82) is 0 Å². The Kier molecular flexibility index (Phi) is 11.2. The highest BCUT2D eigenvalue weighted by Gasteiger charge is 2.09. The number of benzene rings is 1. The van der Waals surface area contributed by atoms with Crippen LogP contribution in [-0.2, 0) is 16.6 Å². The van der Waals surface area contributed by atoms with E-state index < -0.39 is 10.0 Å². The smallest absolute Gasteiger partial charge is 0.213 e. The lowest BCUT2D eigenvalue weighted by atomic mass is 10.2. The number of nitrogens with zero attached hydrogens (tertiary/aromatic N) is 1. The summed E-state index contributed by atoms with van der Waals surface area (Å²) in [6.07, 6.45) is 0.984. The van der Waals surface area contributed by atoms with Gasteiger partial charge in [-0.25, -0.2) is 13.1 Å². The van der Waals surface area contributed by atoms with Crippen LogP contribution in [0.25, 0.3) is 0 Å². The van der Waals surface area contributed by atoms with E-state index in [4.69, 9.17) is 0 Å². The average Bonchev–Trinajstić information content (AvgIpc) is 2.50. The first-order valence-electron chi connectivity index (χ1n) is 7.03. The van der Waals surface area contributed by atoms with Crippen molar-refractivity contribution >= 4 is 40.0 Å². The molecule has 0 aliphatic rings. The molecule has 0 aromatic heterocycles. The van der Waals surface area contributed by atoms with Crippen molar-refractivity contribution in [1.82, 2.24) is 15.4 Å².